The van der Waals surface area contributed by atoms with Gasteiger partial charge in [-0.05, 0) is 54.8 Å². The van der Waals surface area contributed by atoms with E-state index in [0.717, 1.165) is 5.56 Å². The lowest BCUT2D eigenvalue weighted by Gasteiger charge is -2.23. The fourth-order valence-corrected chi connectivity index (χ4v) is 4.19. The molecule has 34 heavy (non-hydrogen) atoms. The zero-order chi connectivity index (χ0) is 24.2. The van der Waals surface area contributed by atoms with Crippen LogP contribution >= 0.6 is 0 Å². The number of phenolic OH excluding ortho intramolecular Hbond substituents is 1. The molecule has 0 radical (unpaired) electrons. The molecule has 2 aromatic carbocycles. The van der Waals surface area contributed by atoms with Crippen molar-refractivity contribution in [2.45, 2.75) is 32.2 Å². The molecule has 2 heterocycles. The highest BCUT2D eigenvalue weighted by Crippen LogP contribution is 2.38. The van der Waals surface area contributed by atoms with E-state index in [0.29, 0.717) is 48.9 Å². The largest absolute Gasteiger partial charge is 0.508 e. The van der Waals surface area contributed by atoms with Gasteiger partial charge in [-0.1, -0.05) is 18.2 Å². The molecule has 2 N–H and O–H groups in total. The summed E-state index contributed by atoms with van der Waals surface area (Å²) in [6, 6.07) is 13.6. The molecule has 0 saturated carbocycles. The van der Waals surface area contributed by atoms with Gasteiger partial charge in [0.15, 0.2) is 11.5 Å². The first-order valence-electron chi connectivity index (χ1n) is 11.0. The van der Waals surface area contributed by atoms with Crippen molar-refractivity contribution in [3.8, 4) is 23.0 Å². The number of aromatic hydroxyl groups is 2. The standard InChI is InChI=1S/C26H27NO7/c1-16-13-21(29)25(26(31)27(16)10-9-17-3-6-19(28)7-4-17)20(15-24(30)32-2)18-5-8-22-23(14-18)34-12-11-33-22/h3-8,13-14,20,28-29H,9-12,15H2,1-2H3/t20-/m0/s1. The van der Waals surface area contributed by atoms with Gasteiger partial charge in [0.05, 0.1) is 19.1 Å². The first kappa shape index (κ1) is 23.2. The summed E-state index contributed by atoms with van der Waals surface area (Å²) in [5.74, 6) is -0.128. The van der Waals surface area contributed by atoms with Gasteiger partial charge >= 0.3 is 5.97 Å². The third-order valence-electron chi connectivity index (χ3n) is 6.00. The zero-order valence-corrected chi connectivity index (χ0v) is 19.1. The summed E-state index contributed by atoms with van der Waals surface area (Å²) < 4.78 is 17.7. The van der Waals surface area contributed by atoms with Gasteiger partial charge in [0.2, 0.25) is 0 Å². The number of ether oxygens (including phenoxy) is 3. The highest BCUT2D eigenvalue weighted by Gasteiger charge is 2.28. The van der Waals surface area contributed by atoms with Crippen LogP contribution < -0.4 is 15.0 Å². The molecule has 8 heteroatoms. The number of aromatic nitrogens is 1. The zero-order valence-electron chi connectivity index (χ0n) is 19.1. The number of methoxy groups -OCH3 is 1. The Labute approximate surface area is 197 Å². The Morgan fingerprint density at radius 2 is 1.76 bits per heavy atom. The number of carbonyl (C=O) groups excluding carboxylic acids is 1. The SMILES string of the molecule is COC(=O)C[C@@H](c1ccc2c(c1)OCCO2)c1c(O)cc(C)n(CCc2ccc(O)cc2)c1=O. The molecule has 0 bridgehead atoms. The van der Waals surface area contributed by atoms with E-state index < -0.39 is 11.9 Å². The van der Waals surface area contributed by atoms with Crippen molar-refractivity contribution in [1.29, 1.82) is 0 Å². The van der Waals surface area contributed by atoms with Crippen molar-refractivity contribution in [3.05, 3.63) is 81.3 Å². The van der Waals surface area contributed by atoms with Crippen molar-refractivity contribution < 1.29 is 29.2 Å². The molecule has 0 fully saturated rings. The molecule has 0 aliphatic carbocycles. The highest BCUT2D eigenvalue weighted by molar-refractivity contribution is 5.71. The minimum absolute atomic E-state index is 0.124. The van der Waals surface area contributed by atoms with E-state index in [1.807, 2.05) is 0 Å². The minimum atomic E-state index is -0.740. The van der Waals surface area contributed by atoms with Gasteiger partial charge in [-0.2, -0.15) is 0 Å². The van der Waals surface area contributed by atoms with Crippen LogP contribution in [0.4, 0.5) is 0 Å². The van der Waals surface area contributed by atoms with Crippen molar-refractivity contribution in [3.63, 3.8) is 0 Å². The molecule has 0 amide bonds. The van der Waals surface area contributed by atoms with Crippen LogP contribution in [0.3, 0.4) is 0 Å². The molecule has 178 valence electrons. The van der Waals surface area contributed by atoms with Crippen molar-refractivity contribution in [1.82, 2.24) is 4.57 Å². The van der Waals surface area contributed by atoms with E-state index in [1.54, 1.807) is 54.0 Å². The summed E-state index contributed by atoms with van der Waals surface area (Å²) >= 11 is 0. The number of aryl methyl sites for hydroxylation is 2. The molecule has 1 aliphatic heterocycles. The Bertz CT molecular complexity index is 1250. The van der Waals surface area contributed by atoms with Gasteiger partial charge in [0.1, 0.15) is 24.7 Å². The average Bonchev–Trinajstić information content (AvgIpc) is 2.83. The topological polar surface area (TPSA) is 107 Å². The third kappa shape index (κ3) is 4.85. The number of esters is 1. The molecule has 1 aliphatic rings. The lowest BCUT2D eigenvalue weighted by atomic mass is 9.88. The van der Waals surface area contributed by atoms with E-state index in [4.69, 9.17) is 14.2 Å². The van der Waals surface area contributed by atoms with Crippen LogP contribution in [0.1, 0.15) is 34.7 Å². The number of nitrogens with zero attached hydrogens (tertiary/aromatic N) is 1. The molecule has 0 saturated heterocycles. The van der Waals surface area contributed by atoms with Crippen LogP contribution in [0.25, 0.3) is 0 Å². The minimum Gasteiger partial charge on any atom is -0.508 e. The van der Waals surface area contributed by atoms with Gasteiger partial charge in [-0.25, -0.2) is 0 Å². The van der Waals surface area contributed by atoms with Crippen molar-refractivity contribution in [2.75, 3.05) is 20.3 Å². The van der Waals surface area contributed by atoms with Crippen LogP contribution in [0.2, 0.25) is 0 Å². The molecule has 0 spiro atoms. The van der Waals surface area contributed by atoms with Crippen LogP contribution in [-0.2, 0) is 22.5 Å². The monoisotopic (exact) mass is 465 g/mol. The number of benzene rings is 2. The molecule has 1 aromatic heterocycles. The molecule has 0 unspecified atom stereocenters. The molecular formula is C26H27NO7. The second kappa shape index (κ2) is 9.91. The average molecular weight is 466 g/mol. The van der Waals surface area contributed by atoms with Gasteiger partial charge in [0, 0.05) is 18.2 Å². The van der Waals surface area contributed by atoms with Crippen LogP contribution in [0.5, 0.6) is 23.0 Å². The Morgan fingerprint density at radius 1 is 1.06 bits per heavy atom. The van der Waals surface area contributed by atoms with Crippen LogP contribution in [-0.4, -0.2) is 41.1 Å². The predicted molar refractivity (Wildman–Crippen MR) is 125 cm³/mol. The Morgan fingerprint density at radius 3 is 2.47 bits per heavy atom. The quantitative estimate of drug-likeness (QED) is 0.516. The van der Waals surface area contributed by atoms with E-state index in [1.165, 1.54) is 13.2 Å². The third-order valence-corrected chi connectivity index (χ3v) is 6.00. The van der Waals surface area contributed by atoms with E-state index in [-0.39, 0.29) is 29.0 Å². The molecule has 8 nitrogen and oxygen atoms in total. The first-order valence-corrected chi connectivity index (χ1v) is 11.0. The number of rotatable bonds is 7. The van der Waals surface area contributed by atoms with Gasteiger partial charge in [-0.15, -0.1) is 0 Å². The van der Waals surface area contributed by atoms with E-state index in [2.05, 4.69) is 0 Å². The van der Waals surface area contributed by atoms with Crippen LogP contribution in [0.15, 0.2) is 53.3 Å². The lowest BCUT2D eigenvalue weighted by Crippen LogP contribution is -2.29. The van der Waals surface area contributed by atoms with Crippen molar-refractivity contribution in [2.24, 2.45) is 0 Å². The molecule has 1 atom stereocenters. The Kier molecular flexibility index (Phi) is 6.77. The summed E-state index contributed by atoms with van der Waals surface area (Å²) in [6.07, 6.45) is 0.427. The lowest BCUT2D eigenvalue weighted by molar-refractivity contribution is -0.140. The van der Waals surface area contributed by atoms with Crippen LogP contribution in [0, 0.1) is 6.92 Å². The van der Waals surface area contributed by atoms with Gasteiger partial charge < -0.3 is 29.0 Å². The summed E-state index contributed by atoms with van der Waals surface area (Å²) in [7, 11) is 1.29. The molecule has 3 aromatic rings. The Balaban J connectivity index is 1.74. The molecular weight excluding hydrogens is 438 g/mol. The predicted octanol–water partition coefficient (Wildman–Crippen LogP) is 3.28. The van der Waals surface area contributed by atoms with E-state index >= 15 is 0 Å². The van der Waals surface area contributed by atoms with E-state index in [9.17, 15) is 19.8 Å². The summed E-state index contributed by atoms with van der Waals surface area (Å²) in [5.41, 5.74) is 1.94. The summed E-state index contributed by atoms with van der Waals surface area (Å²) in [6.45, 7) is 2.97. The Hall–Kier alpha value is -3.94. The normalized spacial score (nSPS) is 13.4. The maximum Gasteiger partial charge on any atom is 0.306 e. The number of hydrogen-bond donors (Lipinski definition) is 2. The summed E-state index contributed by atoms with van der Waals surface area (Å²) in [4.78, 5) is 25.9. The first-order chi connectivity index (χ1) is 16.4. The number of phenols is 1. The molecule has 4 rings (SSSR count). The maximum absolute atomic E-state index is 13.6. The maximum atomic E-state index is 13.6. The number of fused-ring (bicyclic) bond motifs is 1. The van der Waals surface area contributed by atoms with Gasteiger partial charge in [-0.3, -0.25) is 9.59 Å². The fraction of sp³-hybridized carbons (Fsp3) is 0.308. The fourth-order valence-electron chi connectivity index (χ4n) is 4.19. The van der Waals surface area contributed by atoms with Gasteiger partial charge in [0.25, 0.3) is 5.56 Å². The summed E-state index contributed by atoms with van der Waals surface area (Å²) in [5, 5.41) is 20.3. The number of carbonyl (C=O) groups is 1. The second-order valence-corrected chi connectivity index (χ2v) is 8.19. The number of pyridine rings is 1. The highest BCUT2D eigenvalue weighted by atomic mass is 16.6. The smallest absolute Gasteiger partial charge is 0.306 e. The number of hydrogen-bond acceptors (Lipinski definition) is 7. The van der Waals surface area contributed by atoms with Crippen molar-refractivity contribution >= 4 is 5.97 Å². The second-order valence-electron chi connectivity index (χ2n) is 8.19.